The van der Waals surface area contributed by atoms with Gasteiger partial charge in [-0.05, 0) is 30.7 Å². The van der Waals surface area contributed by atoms with Crippen LogP contribution >= 0.6 is 22.9 Å². The van der Waals surface area contributed by atoms with Gasteiger partial charge in [0.2, 0.25) is 11.8 Å². The molecule has 10 heteroatoms. The SMILES string of the molecule is CCCN(CC(=O)Nc1nc(CC(=O)N2CCOCC2)cs1)C(=O)c1ccc(Cl)cc1. The standard InChI is InChI=1S/C21H25ClN4O4S/c1-2-7-26(20(29)15-3-5-16(22)6-4-15)13-18(27)24-21-23-17(14-31-21)12-19(28)25-8-10-30-11-9-25/h3-6,14H,2,7-13H2,1H3,(H,23,24,27). The van der Waals surface area contributed by atoms with Crippen molar-refractivity contribution >= 4 is 45.8 Å². The number of nitrogens with zero attached hydrogens (tertiary/aromatic N) is 3. The fraction of sp³-hybridized carbons (Fsp3) is 0.429. The third-order valence-electron chi connectivity index (χ3n) is 4.70. The van der Waals surface area contributed by atoms with E-state index < -0.39 is 0 Å². The highest BCUT2D eigenvalue weighted by Gasteiger charge is 2.20. The third kappa shape index (κ3) is 6.75. The van der Waals surface area contributed by atoms with Crippen LogP contribution in [0.1, 0.15) is 29.4 Å². The topological polar surface area (TPSA) is 91.8 Å². The molecular formula is C21H25ClN4O4S. The van der Waals surface area contributed by atoms with Crippen molar-refractivity contribution < 1.29 is 19.1 Å². The molecule has 3 rings (SSSR count). The van der Waals surface area contributed by atoms with E-state index in [0.29, 0.717) is 54.3 Å². The van der Waals surface area contributed by atoms with Crippen molar-refractivity contribution in [3.05, 3.63) is 45.9 Å². The Morgan fingerprint density at radius 3 is 2.61 bits per heavy atom. The van der Waals surface area contributed by atoms with Gasteiger partial charge in [-0.2, -0.15) is 0 Å². The summed E-state index contributed by atoms with van der Waals surface area (Å²) < 4.78 is 5.26. The molecule has 1 N–H and O–H groups in total. The summed E-state index contributed by atoms with van der Waals surface area (Å²) in [4.78, 5) is 45.2. The third-order valence-corrected chi connectivity index (χ3v) is 5.76. The van der Waals surface area contributed by atoms with Gasteiger partial charge >= 0.3 is 0 Å². The average Bonchev–Trinajstić information content (AvgIpc) is 3.20. The normalized spacial score (nSPS) is 13.7. The van der Waals surface area contributed by atoms with Crippen LogP contribution in [0.15, 0.2) is 29.6 Å². The number of benzene rings is 1. The molecule has 31 heavy (non-hydrogen) atoms. The van der Waals surface area contributed by atoms with Crippen LogP contribution in [0.3, 0.4) is 0 Å². The minimum Gasteiger partial charge on any atom is -0.378 e. The van der Waals surface area contributed by atoms with Gasteiger partial charge in [-0.25, -0.2) is 4.98 Å². The number of anilines is 1. The van der Waals surface area contributed by atoms with Crippen molar-refractivity contribution in [1.82, 2.24) is 14.8 Å². The van der Waals surface area contributed by atoms with Gasteiger partial charge in [-0.3, -0.25) is 14.4 Å². The first-order chi connectivity index (χ1) is 15.0. The van der Waals surface area contributed by atoms with Crippen LogP contribution in [0, 0.1) is 0 Å². The summed E-state index contributed by atoms with van der Waals surface area (Å²) in [5.41, 5.74) is 1.09. The quantitative estimate of drug-likeness (QED) is 0.648. The maximum Gasteiger partial charge on any atom is 0.254 e. The Bertz CT molecular complexity index is 912. The first-order valence-electron chi connectivity index (χ1n) is 10.1. The lowest BCUT2D eigenvalue weighted by molar-refractivity contribution is -0.134. The summed E-state index contributed by atoms with van der Waals surface area (Å²) in [6.45, 7) is 4.57. The number of halogens is 1. The highest BCUT2D eigenvalue weighted by Crippen LogP contribution is 2.17. The van der Waals surface area contributed by atoms with Gasteiger partial charge < -0.3 is 19.9 Å². The molecule has 2 aromatic rings. The Balaban J connectivity index is 1.55. The highest BCUT2D eigenvalue weighted by molar-refractivity contribution is 7.13. The molecule has 1 aliphatic heterocycles. The maximum absolute atomic E-state index is 12.7. The molecule has 0 unspecified atom stereocenters. The van der Waals surface area contributed by atoms with E-state index in [0.717, 1.165) is 6.42 Å². The number of amides is 3. The lowest BCUT2D eigenvalue weighted by Gasteiger charge is -2.26. The number of ether oxygens (including phenoxy) is 1. The zero-order valence-corrected chi connectivity index (χ0v) is 18.9. The largest absolute Gasteiger partial charge is 0.378 e. The van der Waals surface area contributed by atoms with E-state index in [1.54, 1.807) is 34.5 Å². The van der Waals surface area contributed by atoms with Crippen LogP contribution in [-0.2, 0) is 20.7 Å². The number of hydrogen-bond acceptors (Lipinski definition) is 6. The number of aromatic nitrogens is 1. The van der Waals surface area contributed by atoms with Crippen molar-refractivity contribution in [3.8, 4) is 0 Å². The molecule has 0 spiro atoms. The van der Waals surface area contributed by atoms with Gasteiger partial charge in [0.15, 0.2) is 5.13 Å². The van der Waals surface area contributed by atoms with E-state index in [1.165, 1.54) is 16.2 Å². The number of thiazole rings is 1. The molecule has 166 valence electrons. The average molecular weight is 465 g/mol. The van der Waals surface area contributed by atoms with Crippen molar-refractivity contribution in [1.29, 1.82) is 0 Å². The summed E-state index contributed by atoms with van der Waals surface area (Å²) in [6, 6.07) is 6.58. The van der Waals surface area contributed by atoms with E-state index in [2.05, 4.69) is 10.3 Å². The number of carbonyl (C=O) groups is 3. The summed E-state index contributed by atoms with van der Waals surface area (Å²) in [5.74, 6) is -0.574. The lowest BCUT2D eigenvalue weighted by Crippen LogP contribution is -2.41. The molecule has 1 aromatic carbocycles. The van der Waals surface area contributed by atoms with Crippen molar-refractivity contribution in [2.75, 3.05) is 44.7 Å². The molecule has 1 aliphatic rings. The molecular weight excluding hydrogens is 440 g/mol. The summed E-state index contributed by atoms with van der Waals surface area (Å²) in [5, 5.41) is 5.44. The second-order valence-corrected chi connectivity index (χ2v) is 8.39. The fourth-order valence-corrected chi connectivity index (χ4v) is 4.01. The Hall–Kier alpha value is -2.49. The van der Waals surface area contributed by atoms with E-state index in [4.69, 9.17) is 16.3 Å². The van der Waals surface area contributed by atoms with E-state index in [1.807, 2.05) is 6.92 Å². The van der Waals surface area contributed by atoms with Gasteiger partial charge in [0, 0.05) is 35.6 Å². The highest BCUT2D eigenvalue weighted by atomic mass is 35.5. The minimum atomic E-state index is -0.337. The number of nitrogens with one attached hydrogen (secondary N) is 1. The fourth-order valence-electron chi connectivity index (χ4n) is 3.15. The summed E-state index contributed by atoms with van der Waals surface area (Å²) in [7, 11) is 0. The van der Waals surface area contributed by atoms with Gasteiger partial charge in [0.1, 0.15) is 6.54 Å². The molecule has 1 aromatic heterocycles. The van der Waals surface area contributed by atoms with Crippen molar-refractivity contribution in [2.45, 2.75) is 19.8 Å². The van der Waals surface area contributed by atoms with Crippen LogP contribution in [0.4, 0.5) is 5.13 Å². The van der Waals surface area contributed by atoms with Crippen molar-refractivity contribution in [3.63, 3.8) is 0 Å². The Kier molecular flexibility index (Phi) is 8.39. The zero-order valence-electron chi connectivity index (χ0n) is 17.3. The van der Waals surface area contributed by atoms with Crippen molar-refractivity contribution in [2.24, 2.45) is 0 Å². The van der Waals surface area contributed by atoms with Crippen LogP contribution in [0.25, 0.3) is 0 Å². The summed E-state index contributed by atoms with van der Waals surface area (Å²) in [6.07, 6.45) is 0.904. The molecule has 0 bridgehead atoms. The van der Waals surface area contributed by atoms with E-state index in [9.17, 15) is 14.4 Å². The Morgan fingerprint density at radius 1 is 1.23 bits per heavy atom. The van der Waals surface area contributed by atoms with Gasteiger partial charge in [0.05, 0.1) is 25.3 Å². The first-order valence-corrected chi connectivity index (χ1v) is 11.4. The molecule has 3 amide bonds. The zero-order chi connectivity index (χ0) is 22.2. The number of morpholine rings is 1. The molecule has 1 fully saturated rings. The Labute approximate surface area is 190 Å². The van der Waals surface area contributed by atoms with Gasteiger partial charge in [-0.1, -0.05) is 18.5 Å². The molecule has 0 aliphatic carbocycles. The summed E-state index contributed by atoms with van der Waals surface area (Å²) >= 11 is 7.14. The number of rotatable bonds is 8. The second kappa shape index (κ2) is 11.2. The molecule has 0 radical (unpaired) electrons. The predicted molar refractivity (Wildman–Crippen MR) is 119 cm³/mol. The van der Waals surface area contributed by atoms with Crippen LogP contribution in [0.2, 0.25) is 5.02 Å². The Morgan fingerprint density at radius 2 is 1.94 bits per heavy atom. The second-order valence-electron chi connectivity index (χ2n) is 7.10. The van der Waals surface area contributed by atoms with Gasteiger partial charge in [0.25, 0.3) is 5.91 Å². The predicted octanol–water partition coefficient (Wildman–Crippen LogP) is 2.69. The van der Waals surface area contributed by atoms with E-state index in [-0.39, 0.29) is 30.7 Å². The lowest BCUT2D eigenvalue weighted by atomic mass is 10.2. The van der Waals surface area contributed by atoms with Gasteiger partial charge in [-0.15, -0.1) is 11.3 Å². The monoisotopic (exact) mass is 464 g/mol. The van der Waals surface area contributed by atoms with Crippen LogP contribution in [-0.4, -0.2) is 71.9 Å². The van der Waals surface area contributed by atoms with Crippen LogP contribution in [0.5, 0.6) is 0 Å². The number of carbonyl (C=O) groups excluding carboxylic acids is 3. The number of hydrogen-bond donors (Lipinski definition) is 1. The molecule has 1 saturated heterocycles. The smallest absolute Gasteiger partial charge is 0.254 e. The van der Waals surface area contributed by atoms with E-state index >= 15 is 0 Å². The van der Waals surface area contributed by atoms with Crippen LogP contribution < -0.4 is 5.32 Å². The minimum absolute atomic E-state index is 0.00541. The molecule has 0 atom stereocenters. The molecule has 0 saturated carbocycles. The molecule has 2 heterocycles. The first kappa shape index (κ1) is 23.2. The molecule has 8 nitrogen and oxygen atoms in total. The maximum atomic E-state index is 12.7.